The highest BCUT2D eigenvalue weighted by Gasteiger charge is 2.18. The van der Waals surface area contributed by atoms with Gasteiger partial charge in [0.1, 0.15) is 11.5 Å². The van der Waals surface area contributed by atoms with Crippen LogP contribution in [0.3, 0.4) is 0 Å². The van der Waals surface area contributed by atoms with Crippen LogP contribution in [0.25, 0.3) is 26.7 Å². The Kier molecular flexibility index (Phi) is 6.52. The highest BCUT2D eigenvalue weighted by Crippen LogP contribution is 2.28. The van der Waals surface area contributed by atoms with Crippen LogP contribution in [0.15, 0.2) is 71.5 Å². The Morgan fingerprint density at radius 1 is 0.946 bits per heavy atom. The zero-order valence-electron chi connectivity index (χ0n) is 19.8. The van der Waals surface area contributed by atoms with Crippen LogP contribution in [0.4, 0.5) is 5.13 Å². The van der Waals surface area contributed by atoms with E-state index in [1.54, 1.807) is 68.8 Å². The number of thiazole rings is 1. The number of carbonyl (C=O) groups excluding carboxylic acids is 2. The molecule has 0 bridgehead atoms. The minimum Gasteiger partial charge on any atom is -0.497 e. The second-order valence-corrected chi connectivity index (χ2v) is 8.92. The summed E-state index contributed by atoms with van der Waals surface area (Å²) in [6.45, 7) is -0.310. The van der Waals surface area contributed by atoms with Gasteiger partial charge < -0.3 is 20.1 Å². The molecule has 11 heteroatoms. The second kappa shape index (κ2) is 10.1. The number of ether oxygens (including phenoxy) is 2. The van der Waals surface area contributed by atoms with Gasteiger partial charge in [0.05, 0.1) is 42.1 Å². The van der Waals surface area contributed by atoms with Crippen LogP contribution in [-0.2, 0) is 4.79 Å². The van der Waals surface area contributed by atoms with E-state index < -0.39 is 11.8 Å². The lowest BCUT2D eigenvalue weighted by Crippen LogP contribution is -2.35. The van der Waals surface area contributed by atoms with Crippen molar-refractivity contribution in [3.63, 3.8) is 0 Å². The summed E-state index contributed by atoms with van der Waals surface area (Å²) in [7, 11) is 3.11. The Labute approximate surface area is 214 Å². The van der Waals surface area contributed by atoms with E-state index in [0.717, 1.165) is 9.38 Å². The van der Waals surface area contributed by atoms with Gasteiger partial charge in [-0.25, -0.2) is 4.98 Å². The van der Waals surface area contributed by atoms with Crippen LogP contribution >= 0.6 is 11.3 Å². The molecule has 5 aromatic rings. The van der Waals surface area contributed by atoms with E-state index in [4.69, 9.17) is 9.47 Å². The molecule has 3 aromatic carbocycles. The van der Waals surface area contributed by atoms with Gasteiger partial charge in [0.25, 0.3) is 11.5 Å². The van der Waals surface area contributed by atoms with Crippen LogP contribution in [0.1, 0.15) is 10.5 Å². The number of benzene rings is 3. The van der Waals surface area contributed by atoms with Crippen molar-refractivity contribution in [2.24, 2.45) is 0 Å². The molecule has 2 aromatic heterocycles. The molecule has 2 amide bonds. The summed E-state index contributed by atoms with van der Waals surface area (Å²) in [4.78, 5) is 43.1. The maximum Gasteiger partial charge on any atom is 0.279 e. The van der Waals surface area contributed by atoms with Crippen molar-refractivity contribution in [1.29, 1.82) is 0 Å². The Morgan fingerprint density at radius 2 is 1.65 bits per heavy atom. The lowest BCUT2D eigenvalue weighted by Gasteiger charge is -2.11. The number of amides is 2. The standard InChI is InChI=1S/C26H21N5O5S/c1-35-16-9-7-15(8-10-16)31-25(34)19-6-4-3-5-18(19)23(30-31)24(33)27-14-22(32)29-26-28-20-13-17(36-2)11-12-21(20)37-26/h3-13H,14H2,1-2H3,(H,27,33)(H,28,29,32). The van der Waals surface area contributed by atoms with Gasteiger partial charge in [-0.05, 0) is 42.5 Å². The number of anilines is 1. The molecular weight excluding hydrogens is 494 g/mol. The molecule has 0 aliphatic heterocycles. The normalized spacial score (nSPS) is 10.9. The third kappa shape index (κ3) is 4.84. The third-order valence-corrected chi connectivity index (χ3v) is 6.54. The monoisotopic (exact) mass is 515 g/mol. The number of hydrogen-bond donors (Lipinski definition) is 2. The summed E-state index contributed by atoms with van der Waals surface area (Å²) in [5.74, 6) is 0.238. The van der Waals surface area contributed by atoms with Crippen LogP contribution in [-0.4, -0.2) is 47.3 Å². The molecule has 2 heterocycles. The fourth-order valence-electron chi connectivity index (χ4n) is 3.75. The highest BCUT2D eigenvalue weighted by atomic mass is 32.1. The molecule has 0 radical (unpaired) electrons. The number of rotatable bonds is 7. The third-order valence-electron chi connectivity index (χ3n) is 5.59. The second-order valence-electron chi connectivity index (χ2n) is 7.89. The molecule has 0 spiro atoms. The fourth-order valence-corrected chi connectivity index (χ4v) is 4.61. The topological polar surface area (TPSA) is 124 Å². The molecule has 0 fully saturated rings. The van der Waals surface area contributed by atoms with Crippen molar-refractivity contribution in [2.45, 2.75) is 0 Å². The van der Waals surface area contributed by atoms with E-state index in [1.807, 2.05) is 12.1 Å². The number of nitrogens with zero attached hydrogens (tertiary/aromatic N) is 3. The zero-order chi connectivity index (χ0) is 25.9. The Hall–Kier alpha value is -4.77. The highest BCUT2D eigenvalue weighted by molar-refractivity contribution is 7.22. The molecule has 0 unspecified atom stereocenters. The van der Waals surface area contributed by atoms with Gasteiger partial charge in [-0.2, -0.15) is 9.78 Å². The smallest absolute Gasteiger partial charge is 0.279 e. The van der Waals surface area contributed by atoms with Crippen molar-refractivity contribution < 1.29 is 19.1 Å². The van der Waals surface area contributed by atoms with E-state index in [0.29, 0.717) is 38.6 Å². The minimum atomic E-state index is -0.595. The predicted molar refractivity (Wildman–Crippen MR) is 141 cm³/mol. The SMILES string of the molecule is COc1ccc(-n2nc(C(=O)NCC(=O)Nc3nc4cc(OC)ccc4s3)c3ccccc3c2=O)cc1. The molecule has 10 nitrogen and oxygen atoms in total. The molecule has 37 heavy (non-hydrogen) atoms. The molecule has 0 saturated heterocycles. The number of hydrogen-bond acceptors (Lipinski definition) is 8. The molecule has 2 N–H and O–H groups in total. The van der Waals surface area contributed by atoms with E-state index in [2.05, 4.69) is 20.7 Å². The van der Waals surface area contributed by atoms with E-state index in [-0.39, 0.29) is 17.8 Å². The van der Waals surface area contributed by atoms with Crippen LogP contribution in [0, 0.1) is 0 Å². The summed E-state index contributed by atoms with van der Waals surface area (Å²) in [6, 6.07) is 18.9. The van der Waals surface area contributed by atoms with Gasteiger partial charge in [-0.3, -0.25) is 14.4 Å². The summed E-state index contributed by atoms with van der Waals surface area (Å²) in [5, 5.41) is 10.7. The van der Waals surface area contributed by atoms with Crippen LogP contribution in [0.2, 0.25) is 0 Å². The Balaban J connectivity index is 1.37. The summed E-state index contributed by atoms with van der Waals surface area (Å²) < 4.78 is 12.4. The summed E-state index contributed by atoms with van der Waals surface area (Å²) in [6.07, 6.45) is 0. The first-order valence-electron chi connectivity index (χ1n) is 11.2. The van der Waals surface area contributed by atoms with Gasteiger partial charge in [0.2, 0.25) is 5.91 Å². The van der Waals surface area contributed by atoms with Crippen LogP contribution in [0.5, 0.6) is 11.5 Å². The van der Waals surface area contributed by atoms with Crippen molar-refractivity contribution in [1.82, 2.24) is 20.1 Å². The number of methoxy groups -OCH3 is 2. The molecule has 186 valence electrons. The first kappa shape index (κ1) is 23.9. The number of fused-ring (bicyclic) bond motifs is 2. The van der Waals surface area contributed by atoms with Gasteiger partial charge >= 0.3 is 0 Å². The molecule has 0 aliphatic rings. The lowest BCUT2D eigenvalue weighted by atomic mass is 10.1. The summed E-state index contributed by atoms with van der Waals surface area (Å²) in [5.41, 5.74) is 0.810. The van der Waals surface area contributed by atoms with E-state index >= 15 is 0 Å². The Bertz CT molecular complexity index is 1690. The van der Waals surface area contributed by atoms with Gasteiger partial charge in [-0.1, -0.05) is 29.5 Å². The van der Waals surface area contributed by atoms with E-state index in [1.165, 1.54) is 11.3 Å². The van der Waals surface area contributed by atoms with Crippen molar-refractivity contribution >= 4 is 49.3 Å². The maximum absolute atomic E-state index is 13.1. The van der Waals surface area contributed by atoms with Gasteiger partial charge in [0, 0.05) is 11.5 Å². The fraction of sp³-hybridized carbons (Fsp3) is 0.115. The van der Waals surface area contributed by atoms with Gasteiger partial charge in [-0.15, -0.1) is 0 Å². The predicted octanol–water partition coefficient (Wildman–Crippen LogP) is 3.38. The first-order valence-corrected chi connectivity index (χ1v) is 12.0. The molecule has 0 aliphatic carbocycles. The van der Waals surface area contributed by atoms with Crippen LogP contribution < -0.4 is 25.7 Å². The maximum atomic E-state index is 13.1. The van der Waals surface area contributed by atoms with Gasteiger partial charge in [0.15, 0.2) is 10.8 Å². The molecular formula is C26H21N5O5S. The average Bonchev–Trinajstić information content (AvgIpc) is 3.33. The first-order chi connectivity index (χ1) is 18.0. The number of aromatic nitrogens is 3. The van der Waals surface area contributed by atoms with E-state index in [9.17, 15) is 14.4 Å². The molecule has 5 rings (SSSR count). The lowest BCUT2D eigenvalue weighted by molar-refractivity contribution is -0.115. The average molecular weight is 516 g/mol. The Morgan fingerprint density at radius 3 is 2.38 bits per heavy atom. The van der Waals surface area contributed by atoms with Crippen molar-refractivity contribution in [3.05, 3.63) is 82.8 Å². The van der Waals surface area contributed by atoms with Crippen molar-refractivity contribution in [2.75, 3.05) is 26.1 Å². The molecule has 0 saturated carbocycles. The molecule has 0 atom stereocenters. The largest absolute Gasteiger partial charge is 0.497 e. The van der Waals surface area contributed by atoms with Crippen molar-refractivity contribution in [3.8, 4) is 17.2 Å². The zero-order valence-corrected chi connectivity index (χ0v) is 20.7. The minimum absolute atomic E-state index is 0.0194. The summed E-state index contributed by atoms with van der Waals surface area (Å²) >= 11 is 1.31. The quantitative estimate of drug-likeness (QED) is 0.340. The number of nitrogens with one attached hydrogen (secondary N) is 2. The number of carbonyl (C=O) groups is 2.